The van der Waals surface area contributed by atoms with Gasteiger partial charge in [-0.25, -0.2) is 16.8 Å². The van der Waals surface area contributed by atoms with Crippen LogP contribution in [0, 0.1) is 0 Å². The van der Waals surface area contributed by atoms with Crippen LogP contribution in [0.4, 0.5) is 0 Å². The summed E-state index contributed by atoms with van der Waals surface area (Å²) in [6.07, 6.45) is 7.07. The Morgan fingerprint density at radius 1 is 0.431 bits per heavy atom. The summed E-state index contributed by atoms with van der Waals surface area (Å²) >= 11 is 0. The molecular weight excluding hydrogens is 801 g/mol. The maximum absolute atomic E-state index is 12.4. The molecule has 2 aromatic carbocycles. The second-order valence-electron chi connectivity index (χ2n) is 9.84. The van der Waals surface area contributed by atoms with Crippen molar-refractivity contribution in [3.05, 3.63) is 156 Å². The van der Waals surface area contributed by atoms with Crippen molar-refractivity contribution in [3.8, 4) is 22.8 Å². The Bertz CT molecular complexity index is 2080. The fourth-order valence-corrected chi connectivity index (χ4v) is 5.47. The standard InChI is InChI=1S/C14H8O8S2.2C10H8N2.Cd.2H2O/c15-13-9-3-1-7(23(17,18)19)5-11(9)14(16)10-4-2-8(6-12(10)13)24(20,21)22;2*1-3-7-11-9(5-1)10-6-2-4-8-12-10;;;/h1-6H,(H,17,18,19)(H,20,21,22);2*1-8H;;2*1H2/q;;;+2;;/p-1. The van der Waals surface area contributed by atoms with Crippen LogP contribution in [0.25, 0.3) is 22.8 Å². The minimum atomic E-state index is -4.81. The second-order valence-corrected chi connectivity index (χ2v) is 12.6. The van der Waals surface area contributed by atoms with Gasteiger partial charge in [-0.15, -0.1) is 0 Å². The van der Waals surface area contributed by atoms with Gasteiger partial charge in [0.25, 0.3) is 0 Å². The van der Waals surface area contributed by atoms with Crippen LogP contribution in [0.3, 0.4) is 0 Å². The van der Waals surface area contributed by atoms with Gasteiger partial charge in [-0.05, 0) is 84.9 Å². The average molecular weight is 828 g/mol. The third kappa shape index (κ3) is 10.5. The van der Waals surface area contributed by atoms with E-state index in [4.69, 9.17) is 0 Å². The first-order chi connectivity index (χ1) is 22.9. The van der Waals surface area contributed by atoms with E-state index < -0.39 is 41.6 Å². The molecule has 4 aromatic heterocycles. The van der Waals surface area contributed by atoms with Gasteiger partial charge in [0.05, 0.1) is 32.6 Å². The van der Waals surface area contributed by atoms with Crippen molar-refractivity contribution in [3.63, 3.8) is 0 Å². The molecule has 256 valence electrons. The molecule has 51 heavy (non-hydrogen) atoms. The van der Waals surface area contributed by atoms with Crippen LogP contribution in [-0.4, -0.2) is 62.9 Å². The van der Waals surface area contributed by atoms with Gasteiger partial charge in [0.15, 0.2) is 11.6 Å². The fourth-order valence-electron chi connectivity index (χ4n) is 4.48. The number of nitrogens with zero attached hydrogens (tertiary/aromatic N) is 4. The van der Waals surface area contributed by atoms with E-state index in [2.05, 4.69) is 19.9 Å². The average Bonchev–Trinajstić information content (AvgIpc) is 3.11. The van der Waals surface area contributed by atoms with E-state index in [9.17, 15) is 35.5 Å². The van der Waals surface area contributed by atoms with Crippen molar-refractivity contribution in [1.82, 2.24) is 19.9 Å². The Kier molecular flexibility index (Phi) is 15.2. The van der Waals surface area contributed by atoms with Gasteiger partial charge in [-0.3, -0.25) is 29.5 Å². The molecule has 0 unspecified atom stereocenters. The Morgan fingerprint density at radius 3 is 0.922 bits per heavy atom. The molecule has 0 fully saturated rings. The minimum absolute atomic E-state index is 0. The van der Waals surface area contributed by atoms with Crippen LogP contribution in [0.5, 0.6) is 0 Å². The summed E-state index contributed by atoms with van der Waals surface area (Å²) in [5.41, 5.74) is 2.75. The van der Waals surface area contributed by atoms with Gasteiger partial charge in [0, 0.05) is 47.0 Å². The molecular formula is C34H27CdN4O10S2+. The first-order valence-electron chi connectivity index (χ1n) is 13.9. The number of pyridine rings is 4. The molecule has 1 aliphatic carbocycles. The maximum Gasteiger partial charge on any atom is 2.00 e. The molecule has 17 heteroatoms. The van der Waals surface area contributed by atoms with Crippen LogP contribution in [0.1, 0.15) is 31.8 Å². The predicted octanol–water partition coefficient (Wildman–Crippen LogP) is 2.81. The van der Waals surface area contributed by atoms with Crippen LogP contribution < -0.4 is 0 Å². The molecule has 0 saturated carbocycles. The van der Waals surface area contributed by atoms with Crippen molar-refractivity contribution < 1.29 is 73.8 Å². The molecule has 4 heterocycles. The number of carbonyl (C=O) groups excluding carboxylic acids is 2. The molecule has 1 aliphatic rings. The van der Waals surface area contributed by atoms with Gasteiger partial charge >= 0.3 is 27.3 Å². The monoisotopic (exact) mass is 829 g/mol. The minimum Gasteiger partial charge on any atom is -0.744 e. The van der Waals surface area contributed by atoms with Gasteiger partial charge < -0.3 is 20.1 Å². The van der Waals surface area contributed by atoms with E-state index in [1.54, 1.807) is 24.8 Å². The van der Waals surface area contributed by atoms with Crippen LogP contribution >= 0.6 is 0 Å². The molecule has 0 aliphatic heterocycles. The zero-order valence-electron chi connectivity index (χ0n) is 26.4. The Morgan fingerprint density at radius 2 is 0.706 bits per heavy atom. The number of hydrogen-bond donors (Lipinski definition) is 0. The van der Waals surface area contributed by atoms with Gasteiger partial charge in [-0.1, -0.05) is 24.3 Å². The number of aromatic nitrogens is 4. The molecule has 0 saturated heterocycles. The SMILES string of the molecule is O.O=C1c2ccc(S(=O)(=O)[O-])cc2C(=O)c2ccc(S(=O)(=O)[O-])cc21.[Cd+2].[OH3+].c1ccc(-c2ccccn2)nc1.c1ccc(-c2ccccn2)nc1. The van der Waals surface area contributed by atoms with Gasteiger partial charge in [0.1, 0.15) is 20.2 Å². The van der Waals surface area contributed by atoms with Crippen molar-refractivity contribution in [2.75, 3.05) is 0 Å². The summed E-state index contributed by atoms with van der Waals surface area (Å²) < 4.78 is 66.3. The second kappa shape index (κ2) is 18.3. The molecule has 7 rings (SSSR count). The summed E-state index contributed by atoms with van der Waals surface area (Å²) in [5.74, 6) is -1.50. The smallest absolute Gasteiger partial charge is 0.744 e. The third-order valence-corrected chi connectivity index (χ3v) is 8.38. The zero-order valence-corrected chi connectivity index (χ0v) is 32.0. The van der Waals surface area contributed by atoms with E-state index in [1.807, 2.05) is 72.8 Å². The molecule has 6 aromatic rings. The largest absolute Gasteiger partial charge is 2.00 e. The summed E-state index contributed by atoms with van der Waals surface area (Å²) in [6.45, 7) is 0. The summed E-state index contributed by atoms with van der Waals surface area (Å²) in [5, 5.41) is 0. The molecule has 0 bridgehead atoms. The number of benzene rings is 2. The summed E-state index contributed by atoms with van der Waals surface area (Å²) in [4.78, 5) is 40.3. The third-order valence-electron chi connectivity index (χ3n) is 6.72. The van der Waals surface area contributed by atoms with Crippen molar-refractivity contribution >= 4 is 31.8 Å². The number of fused-ring (bicyclic) bond motifs is 2. The number of ketones is 2. The van der Waals surface area contributed by atoms with Crippen molar-refractivity contribution in [2.24, 2.45) is 0 Å². The quantitative estimate of drug-likeness (QED) is 0.141. The topological polar surface area (TPSA) is 265 Å². The van der Waals surface area contributed by atoms with Crippen LogP contribution in [0.15, 0.2) is 144 Å². The van der Waals surface area contributed by atoms with Gasteiger partial charge in [-0.2, -0.15) is 0 Å². The van der Waals surface area contributed by atoms with Crippen molar-refractivity contribution in [1.29, 1.82) is 0 Å². The molecule has 5 N–H and O–H groups in total. The number of rotatable bonds is 4. The molecule has 0 spiro atoms. The van der Waals surface area contributed by atoms with Crippen LogP contribution in [-0.2, 0) is 53.0 Å². The molecule has 0 atom stereocenters. The number of carbonyl (C=O) groups is 2. The Balaban J connectivity index is 0.000000282. The normalized spacial score (nSPS) is 11.3. The first-order valence-corrected chi connectivity index (χ1v) is 16.7. The van der Waals surface area contributed by atoms with Gasteiger partial charge in [0.2, 0.25) is 0 Å². The molecule has 0 amide bonds. The van der Waals surface area contributed by atoms with E-state index in [1.165, 1.54) is 0 Å². The predicted molar refractivity (Wildman–Crippen MR) is 179 cm³/mol. The van der Waals surface area contributed by atoms with Crippen LogP contribution in [0.2, 0.25) is 0 Å². The summed E-state index contributed by atoms with van der Waals surface area (Å²) in [7, 11) is -9.63. The zero-order chi connectivity index (χ0) is 34.3. The van der Waals surface area contributed by atoms with E-state index in [0.29, 0.717) is 0 Å². The van der Waals surface area contributed by atoms with E-state index in [0.717, 1.165) is 59.2 Å². The van der Waals surface area contributed by atoms with E-state index >= 15 is 0 Å². The first kappa shape index (κ1) is 42.2. The fraction of sp³-hybridized carbons (Fsp3) is 0. The van der Waals surface area contributed by atoms with E-state index in [-0.39, 0.29) is 60.5 Å². The Hall–Kier alpha value is -4.96. The summed E-state index contributed by atoms with van der Waals surface area (Å²) in [6, 6.07) is 28.6. The molecule has 14 nitrogen and oxygen atoms in total. The maximum atomic E-state index is 12.4. The Labute approximate surface area is 312 Å². The number of hydrogen-bond acceptors (Lipinski definition) is 12. The van der Waals surface area contributed by atoms with Crippen molar-refractivity contribution in [2.45, 2.75) is 9.79 Å². The molecule has 0 radical (unpaired) electrons.